The highest BCUT2D eigenvalue weighted by Gasteiger charge is 2.37. The Morgan fingerprint density at radius 2 is 1.85 bits per heavy atom. The topological polar surface area (TPSA) is 85.1 Å². The summed E-state index contributed by atoms with van der Waals surface area (Å²) in [6, 6.07) is 0. The molecule has 1 atom stereocenters. The largest absolute Gasteiger partial charge is 0.366 e. The summed E-state index contributed by atoms with van der Waals surface area (Å²) in [6.07, 6.45) is 0.870. The summed E-state index contributed by atoms with van der Waals surface area (Å²) in [7, 11) is -1.87. The second-order valence-electron chi connectivity index (χ2n) is 5.35. The Morgan fingerprint density at radius 3 is 2.30 bits per heavy atom. The summed E-state index contributed by atoms with van der Waals surface area (Å²) in [5, 5.41) is 0. The number of carbonyl (C=O) groups is 1. The molecule has 2 N–H and O–H groups in total. The van der Waals surface area contributed by atoms with E-state index in [0.717, 1.165) is 6.42 Å². The van der Waals surface area contributed by atoms with Gasteiger partial charge in [-0.2, -0.15) is 0 Å². The molecule has 7 nitrogen and oxygen atoms in total. The van der Waals surface area contributed by atoms with Crippen LogP contribution in [0.5, 0.6) is 0 Å². The molecule has 0 aromatic heterocycles. The Morgan fingerprint density at radius 1 is 1.30 bits per heavy atom. The van der Waals surface area contributed by atoms with Gasteiger partial charge in [0.25, 0.3) is 5.91 Å². The molecule has 1 rings (SSSR count). The minimum atomic E-state index is -3.20. The summed E-state index contributed by atoms with van der Waals surface area (Å²) in [4.78, 5) is 14.1. The average Bonchev–Trinajstić information content (AvgIpc) is 2.44. The van der Waals surface area contributed by atoms with Crippen molar-refractivity contribution in [3.05, 3.63) is 0 Å². The smallest absolute Gasteiger partial charge is 0.340 e. The first-order valence-electron chi connectivity index (χ1n) is 6.87. The second kappa shape index (κ2) is 7.00. The zero-order valence-electron chi connectivity index (χ0n) is 12.8. The molecule has 0 aromatic carbocycles. The molecule has 0 saturated carbocycles. The third-order valence-corrected chi connectivity index (χ3v) is 5.09. The van der Waals surface area contributed by atoms with Crippen molar-refractivity contribution >= 4 is 13.6 Å². The molecule has 1 saturated heterocycles. The summed E-state index contributed by atoms with van der Waals surface area (Å²) in [6.45, 7) is 7.95. The lowest BCUT2D eigenvalue weighted by atomic mass is 10.1. The van der Waals surface area contributed by atoms with Gasteiger partial charge in [0.1, 0.15) is 5.60 Å². The fraction of sp³-hybridized carbons (Fsp3) is 0.917. The maximum atomic E-state index is 12.4. The van der Waals surface area contributed by atoms with E-state index in [0.29, 0.717) is 32.8 Å². The van der Waals surface area contributed by atoms with Crippen LogP contribution in [0, 0.1) is 0 Å². The molecule has 0 aromatic rings. The summed E-state index contributed by atoms with van der Waals surface area (Å²) in [5.74, 6) is -0.0464. The highest BCUT2D eigenvalue weighted by Crippen LogP contribution is 2.41. The molecule has 1 unspecified atom stereocenters. The van der Waals surface area contributed by atoms with Gasteiger partial charge in [-0.3, -0.25) is 9.36 Å². The highest BCUT2D eigenvalue weighted by molar-refractivity contribution is 7.53. The van der Waals surface area contributed by atoms with Crippen molar-refractivity contribution in [1.82, 2.24) is 9.57 Å². The third-order valence-electron chi connectivity index (χ3n) is 3.38. The molecule has 0 radical (unpaired) electrons. The Kier molecular flexibility index (Phi) is 6.16. The van der Waals surface area contributed by atoms with E-state index in [1.807, 2.05) is 6.92 Å². The van der Waals surface area contributed by atoms with Gasteiger partial charge in [-0.15, -0.1) is 0 Å². The fourth-order valence-electron chi connectivity index (χ4n) is 2.09. The third kappa shape index (κ3) is 4.27. The summed E-state index contributed by atoms with van der Waals surface area (Å²) < 4.78 is 23.9. The van der Waals surface area contributed by atoms with Crippen molar-refractivity contribution in [3.8, 4) is 0 Å². The van der Waals surface area contributed by atoms with E-state index < -0.39 is 13.3 Å². The van der Waals surface area contributed by atoms with Crippen LogP contribution in [-0.4, -0.2) is 61.0 Å². The summed E-state index contributed by atoms with van der Waals surface area (Å²) in [5.41, 5.74) is 4.77. The quantitative estimate of drug-likeness (QED) is 0.738. The molecule has 0 bridgehead atoms. The lowest BCUT2D eigenvalue weighted by molar-refractivity contribution is -0.155. The van der Waals surface area contributed by atoms with Crippen molar-refractivity contribution in [1.29, 1.82) is 0 Å². The molecule has 20 heavy (non-hydrogen) atoms. The zero-order valence-corrected chi connectivity index (χ0v) is 13.7. The standard InChI is InChI=1S/C12H26N3O4P/c1-5-10-19-12(2,3)11(16)14-6-8-15(9-7-14)20(13,17)18-4/h5-10H2,1-4H3,(H2,13,17). The van der Waals surface area contributed by atoms with Crippen LogP contribution in [0.3, 0.4) is 0 Å². The van der Waals surface area contributed by atoms with E-state index in [1.165, 1.54) is 7.11 Å². The lowest BCUT2D eigenvalue weighted by Gasteiger charge is -2.39. The number of nitrogens with zero attached hydrogens (tertiary/aromatic N) is 2. The van der Waals surface area contributed by atoms with E-state index in [2.05, 4.69) is 0 Å². The first-order chi connectivity index (χ1) is 9.24. The van der Waals surface area contributed by atoms with E-state index in [-0.39, 0.29) is 5.91 Å². The highest BCUT2D eigenvalue weighted by atomic mass is 31.2. The lowest BCUT2D eigenvalue weighted by Crippen LogP contribution is -2.54. The molecule has 1 aliphatic heterocycles. The molecule has 1 heterocycles. The van der Waals surface area contributed by atoms with Crippen LogP contribution in [-0.2, 0) is 18.6 Å². The van der Waals surface area contributed by atoms with Gasteiger partial charge < -0.3 is 14.2 Å². The van der Waals surface area contributed by atoms with Crippen LogP contribution in [0.2, 0.25) is 0 Å². The normalized spacial score (nSPS) is 20.8. The van der Waals surface area contributed by atoms with Gasteiger partial charge in [0, 0.05) is 39.9 Å². The van der Waals surface area contributed by atoms with E-state index >= 15 is 0 Å². The predicted octanol–water partition coefficient (Wildman–Crippen LogP) is 1.05. The fourth-order valence-corrected chi connectivity index (χ4v) is 3.06. The van der Waals surface area contributed by atoms with Crippen LogP contribution in [0.25, 0.3) is 0 Å². The number of carbonyl (C=O) groups excluding carboxylic acids is 1. The Balaban J connectivity index is 2.57. The number of piperazine rings is 1. The summed E-state index contributed by atoms with van der Waals surface area (Å²) >= 11 is 0. The number of amides is 1. The first kappa shape index (κ1) is 17.6. The van der Waals surface area contributed by atoms with Crippen LogP contribution in [0.1, 0.15) is 27.2 Å². The minimum absolute atomic E-state index is 0.0464. The van der Waals surface area contributed by atoms with Crippen LogP contribution < -0.4 is 5.50 Å². The molecule has 1 amide bonds. The Bertz CT molecular complexity index is 381. The van der Waals surface area contributed by atoms with Crippen LogP contribution in [0.4, 0.5) is 0 Å². The maximum absolute atomic E-state index is 12.4. The van der Waals surface area contributed by atoms with Crippen molar-refractivity contribution in [2.75, 3.05) is 39.9 Å². The van der Waals surface area contributed by atoms with Gasteiger partial charge in [-0.25, -0.2) is 10.2 Å². The molecular weight excluding hydrogens is 281 g/mol. The van der Waals surface area contributed by atoms with Crippen LogP contribution >= 0.6 is 7.67 Å². The van der Waals surface area contributed by atoms with Crippen molar-refractivity contribution in [3.63, 3.8) is 0 Å². The Labute approximate surface area is 120 Å². The number of hydrogen-bond acceptors (Lipinski definition) is 4. The monoisotopic (exact) mass is 307 g/mol. The van der Waals surface area contributed by atoms with Gasteiger partial charge >= 0.3 is 7.67 Å². The molecule has 1 aliphatic rings. The van der Waals surface area contributed by atoms with E-state index in [1.54, 1.807) is 23.4 Å². The van der Waals surface area contributed by atoms with Gasteiger partial charge in [0.2, 0.25) is 0 Å². The molecule has 118 valence electrons. The minimum Gasteiger partial charge on any atom is -0.366 e. The van der Waals surface area contributed by atoms with Gasteiger partial charge in [-0.05, 0) is 20.3 Å². The molecule has 1 fully saturated rings. The van der Waals surface area contributed by atoms with Crippen molar-refractivity contribution < 1.29 is 18.6 Å². The number of nitrogens with two attached hydrogens (primary N) is 1. The predicted molar refractivity (Wildman–Crippen MR) is 77.3 cm³/mol. The SMILES string of the molecule is CCCOC(C)(C)C(=O)N1CCN(P(N)(=O)OC)CC1. The van der Waals surface area contributed by atoms with Gasteiger partial charge in [0.05, 0.1) is 0 Å². The second-order valence-corrected chi connectivity index (χ2v) is 7.41. The van der Waals surface area contributed by atoms with E-state index in [9.17, 15) is 9.36 Å². The van der Waals surface area contributed by atoms with Gasteiger partial charge in [0.15, 0.2) is 0 Å². The Hall–Kier alpha value is -0.460. The van der Waals surface area contributed by atoms with Crippen molar-refractivity contribution in [2.45, 2.75) is 32.8 Å². The number of rotatable bonds is 6. The average molecular weight is 307 g/mol. The van der Waals surface area contributed by atoms with Crippen molar-refractivity contribution in [2.24, 2.45) is 5.50 Å². The van der Waals surface area contributed by atoms with Gasteiger partial charge in [-0.1, -0.05) is 6.92 Å². The molecular formula is C12H26N3O4P. The zero-order chi connectivity index (χ0) is 15.4. The van der Waals surface area contributed by atoms with Crippen LogP contribution in [0.15, 0.2) is 0 Å². The number of hydrogen-bond donors (Lipinski definition) is 1. The molecule has 0 spiro atoms. The molecule has 0 aliphatic carbocycles. The number of ether oxygens (including phenoxy) is 1. The first-order valence-corrected chi connectivity index (χ1v) is 8.52. The maximum Gasteiger partial charge on any atom is 0.340 e. The van der Waals surface area contributed by atoms with E-state index in [4.69, 9.17) is 14.8 Å². The molecule has 8 heteroatoms.